The zero-order valence-electron chi connectivity index (χ0n) is 11.3. The molecule has 8 heteroatoms. The van der Waals surface area contributed by atoms with Gasteiger partial charge >= 0.3 is 6.18 Å². The standard InChI is InChI=1S/C12H14F3N5/c1-7-9(8(2)20(3)19-7)6-17-11-16-5-4-10(18-11)12(13,14)15/h4-5H,6H2,1-3H3,(H,16,17,18). The molecule has 0 atom stereocenters. The Labute approximate surface area is 113 Å². The summed E-state index contributed by atoms with van der Waals surface area (Å²) in [6, 6.07) is 0.839. The number of aryl methyl sites for hydroxylation is 2. The first-order chi connectivity index (χ1) is 9.29. The van der Waals surface area contributed by atoms with Crippen LogP contribution in [0.1, 0.15) is 22.6 Å². The number of rotatable bonds is 3. The molecule has 20 heavy (non-hydrogen) atoms. The zero-order valence-corrected chi connectivity index (χ0v) is 11.3. The number of anilines is 1. The van der Waals surface area contributed by atoms with E-state index in [1.165, 1.54) is 0 Å². The molecule has 0 radical (unpaired) electrons. The minimum absolute atomic E-state index is 0.0533. The van der Waals surface area contributed by atoms with E-state index in [0.717, 1.165) is 29.2 Å². The second kappa shape index (κ2) is 5.10. The maximum atomic E-state index is 12.5. The molecule has 0 bridgehead atoms. The van der Waals surface area contributed by atoms with Gasteiger partial charge in [0.25, 0.3) is 0 Å². The van der Waals surface area contributed by atoms with Crippen molar-refractivity contribution < 1.29 is 13.2 Å². The number of alkyl halides is 3. The monoisotopic (exact) mass is 285 g/mol. The van der Waals surface area contributed by atoms with Crippen LogP contribution in [-0.4, -0.2) is 19.7 Å². The van der Waals surface area contributed by atoms with Gasteiger partial charge < -0.3 is 5.32 Å². The maximum absolute atomic E-state index is 12.5. The topological polar surface area (TPSA) is 55.6 Å². The molecular formula is C12H14F3N5. The quantitative estimate of drug-likeness (QED) is 0.941. The van der Waals surface area contributed by atoms with Crippen LogP contribution < -0.4 is 5.32 Å². The van der Waals surface area contributed by atoms with Gasteiger partial charge in [-0.25, -0.2) is 9.97 Å². The Morgan fingerprint density at radius 2 is 2.00 bits per heavy atom. The molecule has 2 rings (SSSR count). The molecule has 0 amide bonds. The molecular weight excluding hydrogens is 271 g/mol. The highest BCUT2D eigenvalue weighted by Gasteiger charge is 2.32. The van der Waals surface area contributed by atoms with E-state index >= 15 is 0 Å². The van der Waals surface area contributed by atoms with Gasteiger partial charge in [0.15, 0.2) is 0 Å². The molecule has 1 N–H and O–H groups in total. The summed E-state index contributed by atoms with van der Waals surface area (Å²) in [7, 11) is 1.81. The lowest BCUT2D eigenvalue weighted by atomic mass is 10.2. The van der Waals surface area contributed by atoms with Crippen LogP contribution >= 0.6 is 0 Å². The Hall–Kier alpha value is -2.12. The van der Waals surface area contributed by atoms with Crippen molar-refractivity contribution in [3.05, 3.63) is 34.9 Å². The molecule has 0 aliphatic rings. The molecule has 5 nitrogen and oxygen atoms in total. The molecule has 2 aromatic heterocycles. The number of nitrogens with one attached hydrogen (secondary N) is 1. The average molecular weight is 285 g/mol. The Bertz CT molecular complexity index is 618. The third-order valence-corrected chi connectivity index (χ3v) is 3.03. The highest BCUT2D eigenvalue weighted by molar-refractivity contribution is 5.32. The van der Waals surface area contributed by atoms with E-state index in [2.05, 4.69) is 20.4 Å². The Morgan fingerprint density at radius 3 is 2.55 bits per heavy atom. The zero-order chi connectivity index (χ0) is 14.9. The largest absolute Gasteiger partial charge is 0.433 e. The van der Waals surface area contributed by atoms with Crippen LogP contribution in [0.2, 0.25) is 0 Å². The van der Waals surface area contributed by atoms with Crippen molar-refractivity contribution in [2.45, 2.75) is 26.6 Å². The number of nitrogens with zero attached hydrogens (tertiary/aromatic N) is 4. The molecule has 0 aromatic carbocycles. The van der Waals surface area contributed by atoms with E-state index in [1.54, 1.807) is 4.68 Å². The summed E-state index contributed by atoms with van der Waals surface area (Å²) in [6.07, 6.45) is -3.39. The summed E-state index contributed by atoms with van der Waals surface area (Å²) in [5, 5.41) is 7.03. The highest BCUT2D eigenvalue weighted by Crippen LogP contribution is 2.27. The lowest BCUT2D eigenvalue weighted by Crippen LogP contribution is -2.12. The second-order valence-corrected chi connectivity index (χ2v) is 4.39. The first kappa shape index (κ1) is 14.3. The smallest absolute Gasteiger partial charge is 0.350 e. The van der Waals surface area contributed by atoms with E-state index in [4.69, 9.17) is 0 Å². The molecule has 0 aliphatic carbocycles. The lowest BCUT2D eigenvalue weighted by molar-refractivity contribution is -0.141. The van der Waals surface area contributed by atoms with Gasteiger partial charge in [-0.1, -0.05) is 0 Å². The third kappa shape index (κ3) is 2.89. The molecule has 0 saturated carbocycles. The number of hydrogen-bond acceptors (Lipinski definition) is 4. The van der Waals surface area contributed by atoms with Gasteiger partial charge in [0.05, 0.1) is 5.69 Å². The second-order valence-electron chi connectivity index (χ2n) is 4.39. The van der Waals surface area contributed by atoms with Crippen LogP contribution in [0.5, 0.6) is 0 Å². The van der Waals surface area contributed by atoms with Crippen LogP contribution in [0.3, 0.4) is 0 Å². The van der Waals surface area contributed by atoms with Gasteiger partial charge in [-0.2, -0.15) is 18.3 Å². The van der Waals surface area contributed by atoms with Crippen LogP contribution in [0.15, 0.2) is 12.3 Å². The summed E-state index contributed by atoms with van der Waals surface area (Å²) in [5.41, 5.74) is 1.73. The van der Waals surface area contributed by atoms with Crippen molar-refractivity contribution in [2.24, 2.45) is 7.05 Å². The molecule has 2 heterocycles. The lowest BCUT2D eigenvalue weighted by Gasteiger charge is -2.08. The minimum Gasteiger partial charge on any atom is -0.350 e. The predicted molar refractivity (Wildman–Crippen MR) is 67.0 cm³/mol. The van der Waals surface area contributed by atoms with Gasteiger partial charge in [-0.3, -0.25) is 4.68 Å². The van der Waals surface area contributed by atoms with Gasteiger partial charge in [-0.05, 0) is 19.9 Å². The average Bonchev–Trinajstić information content (AvgIpc) is 2.61. The molecule has 0 saturated heterocycles. The van der Waals surface area contributed by atoms with Gasteiger partial charge in [-0.15, -0.1) is 0 Å². The van der Waals surface area contributed by atoms with Gasteiger partial charge in [0.1, 0.15) is 5.69 Å². The fourth-order valence-electron chi connectivity index (χ4n) is 1.84. The molecule has 0 fully saturated rings. The summed E-state index contributed by atoms with van der Waals surface area (Å²) in [4.78, 5) is 7.24. The summed E-state index contributed by atoms with van der Waals surface area (Å²) in [5.74, 6) is -0.0533. The van der Waals surface area contributed by atoms with Crippen molar-refractivity contribution in [1.82, 2.24) is 19.7 Å². The first-order valence-electron chi connectivity index (χ1n) is 5.92. The van der Waals surface area contributed by atoms with Crippen molar-refractivity contribution in [3.63, 3.8) is 0 Å². The molecule has 0 spiro atoms. The Kier molecular flexibility index (Phi) is 3.65. The maximum Gasteiger partial charge on any atom is 0.433 e. The van der Waals surface area contributed by atoms with Crippen LogP contribution in [-0.2, 0) is 19.8 Å². The SMILES string of the molecule is Cc1nn(C)c(C)c1CNc1nccc(C(F)(F)F)n1. The summed E-state index contributed by atoms with van der Waals surface area (Å²) in [6.45, 7) is 4.06. The van der Waals surface area contributed by atoms with Crippen molar-refractivity contribution in [2.75, 3.05) is 5.32 Å². The fourth-order valence-corrected chi connectivity index (χ4v) is 1.84. The molecule has 108 valence electrons. The van der Waals surface area contributed by atoms with E-state index in [0.29, 0.717) is 6.54 Å². The van der Waals surface area contributed by atoms with E-state index in [1.807, 2.05) is 20.9 Å². The van der Waals surface area contributed by atoms with Crippen molar-refractivity contribution in [3.8, 4) is 0 Å². The van der Waals surface area contributed by atoms with Gasteiger partial charge in [0, 0.05) is 31.0 Å². The highest BCUT2D eigenvalue weighted by atomic mass is 19.4. The normalized spacial score (nSPS) is 11.7. The summed E-state index contributed by atoms with van der Waals surface area (Å²) < 4.78 is 39.3. The predicted octanol–water partition coefficient (Wildman–Crippen LogP) is 2.46. The van der Waals surface area contributed by atoms with Crippen LogP contribution in [0.25, 0.3) is 0 Å². The first-order valence-corrected chi connectivity index (χ1v) is 5.92. The number of aromatic nitrogens is 4. The minimum atomic E-state index is -4.47. The number of halogens is 3. The fraction of sp³-hybridized carbons (Fsp3) is 0.417. The van der Waals surface area contributed by atoms with Crippen LogP contribution in [0.4, 0.5) is 19.1 Å². The summed E-state index contributed by atoms with van der Waals surface area (Å²) >= 11 is 0. The molecule has 0 unspecified atom stereocenters. The molecule has 2 aromatic rings. The third-order valence-electron chi connectivity index (χ3n) is 3.03. The number of hydrogen-bond donors (Lipinski definition) is 1. The van der Waals surface area contributed by atoms with Gasteiger partial charge in [0.2, 0.25) is 5.95 Å². The van der Waals surface area contributed by atoms with E-state index in [9.17, 15) is 13.2 Å². The van der Waals surface area contributed by atoms with Crippen molar-refractivity contribution in [1.29, 1.82) is 0 Å². The van der Waals surface area contributed by atoms with Crippen molar-refractivity contribution >= 4 is 5.95 Å². The molecule has 0 aliphatic heterocycles. The Morgan fingerprint density at radius 1 is 1.30 bits per heavy atom. The Balaban J connectivity index is 2.15. The van der Waals surface area contributed by atoms with E-state index < -0.39 is 11.9 Å². The van der Waals surface area contributed by atoms with E-state index in [-0.39, 0.29) is 5.95 Å². The van der Waals surface area contributed by atoms with Crippen LogP contribution in [0, 0.1) is 13.8 Å².